The molecule has 32 heavy (non-hydrogen) atoms. The summed E-state index contributed by atoms with van der Waals surface area (Å²) in [6.45, 7) is 3.69. The van der Waals surface area contributed by atoms with Crippen LogP contribution in [-0.4, -0.2) is 16.7 Å². The molecular formula is C24H27N3O5. The summed E-state index contributed by atoms with van der Waals surface area (Å²) in [4.78, 5) is 29.5. The van der Waals surface area contributed by atoms with Gasteiger partial charge in [0.05, 0.1) is 6.61 Å². The maximum absolute atomic E-state index is 12.8. The van der Waals surface area contributed by atoms with Crippen LogP contribution in [0.5, 0.6) is 0 Å². The third kappa shape index (κ3) is 3.79. The van der Waals surface area contributed by atoms with Gasteiger partial charge in [-0.3, -0.25) is 4.79 Å². The monoisotopic (exact) mass is 437 g/mol. The Balaban J connectivity index is 1.41. The van der Waals surface area contributed by atoms with Crippen molar-refractivity contribution in [1.82, 2.24) is 10.3 Å². The van der Waals surface area contributed by atoms with E-state index in [9.17, 15) is 9.59 Å². The van der Waals surface area contributed by atoms with Crippen molar-refractivity contribution >= 4 is 17.4 Å². The smallest absolute Gasteiger partial charge is 0.337 e. The van der Waals surface area contributed by atoms with E-state index in [-0.39, 0.29) is 18.4 Å². The van der Waals surface area contributed by atoms with Crippen molar-refractivity contribution in [3.05, 3.63) is 63.2 Å². The molecule has 1 unspecified atom stereocenters. The zero-order valence-electron chi connectivity index (χ0n) is 18.3. The highest BCUT2D eigenvalue weighted by Gasteiger charge is 2.38. The number of carbonyl (C=O) groups excluding carboxylic acids is 1. The molecular weight excluding hydrogens is 410 g/mol. The molecule has 1 amide bonds. The lowest BCUT2D eigenvalue weighted by molar-refractivity contribution is -0.0458. The van der Waals surface area contributed by atoms with E-state index in [1.165, 1.54) is 12.5 Å². The highest BCUT2D eigenvalue weighted by molar-refractivity contribution is 6.01. The first-order valence-electron chi connectivity index (χ1n) is 11.2. The summed E-state index contributed by atoms with van der Waals surface area (Å²) in [7, 11) is 0. The molecule has 5 rings (SSSR count). The number of nitrogens with one attached hydrogen (secondary N) is 2. The molecule has 1 aliphatic heterocycles. The summed E-state index contributed by atoms with van der Waals surface area (Å²) in [5, 5.41) is 5.88. The van der Waals surface area contributed by atoms with Crippen LogP contribution in [0.15, 0.2) is 37.9 Å². The molecule has 168 valence electrons. The number of allylic oxidation sites excluding steroid dienone is 4. The van der Waals surface area contributed by atoms with Gasteiger partial charge in [0.2, 0.25) is 11.7 Å². The number of aromatic nitrogens is 1. The molecule has 2 N–H and O–H groups in total. The molecule has 8 heteroatoms. The van der Waals surface area contributed by atoms with E-state index in [0.717, 1.165) is 42.9 Å². The minimum Gasteiger partial charge on any atom is -0.440 e. The SMILES string of the molecule is CCc1cc(=O)oc2c1C(=O)NC(C)(OCc1nc(C3CCC3)oc1C1=CC=CCC1)N2. The standard InChI is InChI=1S/C24H27N3O5/c1-3-14-12-18(28)31-23-19(14)21(29)26-24(2,27-23)30-13-17-20(15-8-5-4-6-9-15)32-22(25-17)16-10-7-11-16/h4-5,8,12,16,27H,3,6-7,9-11,13H2,1-2H3,(H,26,29). The van der Waals surface area contributed by atoms with Crippen molar-refractivity contribution in [3.8, 4) is 0 Å². The van der Waals surface area contributed by atoms with Crippen LogP contribution >= 0.6 is 0 Å². The van der Waals surface area contributed by atoms with Crippen LogP contribution in [0, 0.1) is 0 Å². The molecule has 0 spiro atoms. The van der Waals surface area contributed by atoms with Gasteiger partial charge in [0, 0.05) is 18.9 Å². The number of ether oxygens (including phenoxy) is 1. The van der Waals surface area contributed by atoms with Crippen LogP contribution in [0.2, 0.25) is 0 Å². The Morgan fingerprint density at radius 1 is 1.25 bits per heavy atom. The summed E-state index contributed by atoms with van der Waals surface area (Å²) < 4.78 is 17.6. The largest absolute Gasteiger partial charge is 0.440 e. The van der Waals surface area contributed by atoms with Crippen molar-refractivity contribution in [3.63, 3.8) is 0 Å². The van der Waals surface area contributed by atoms with Crippen LogP contribution in [0.25, 0.3) is 5.57 Å². The van der Waals surface area contributed by atoms with Gasteiger partial charge in [0.25, 0.3) is 5.91 Å². The van der Waals surface area contributed by atoms with E-state index in [1.807, 2.05) is 13.0 Å². The van der Waals surface area contributed by atoms with Crippen molar-refractivity contribution in [2.45, 2.75) is 70.7 Å². The molecule has 2 aromatic rings. The minimum atomic E-state index is -1.26. The molecule has 0 saturated heterocycles. The third-order valence-electron chi connectivity index (χ3n) is 6.33. The Bertz CT molecular complexity index is 1170. The second-order valence-electron chi connectivity index (χ2n) is 8.66. The quantitative estimate of drug-likeness (QED) is 0.696. The van der Waals surface area contributed by atoms with Crippen LogP contribution in [0.3, 0.4) is 0 Å². The lowest BCUT2D eigenvalue weighted by Gasteiger charge is -2.36. The van der Waals surface area contributed by atoms with E-state index in [4.69, 9.17) is 18.6 Å². The van der Waals surface area contributed by atoms with Gasteiger partial charge in [0.1, 0.15) is 11.3 Å². The van der Waals surface area contributed by atoms with Gasteiger partial charge in [-0.05, 0) is 43.2 Å². The van der Waals surface area contributed by atoms with Crippen molar-refractivity contribution in [2.75, 3.05) is 5.32 Å². The van der Waals surface area contributed by atoms with Gasteiger partial charge in [-0.15, -0.1) is 0 Å². The predicted molar refractivity (Wildman–Crippen MR) is 118 cm³/mol. The zero-order chi connectivity index (χ0) is 22.3. The fraction of sp³-hybridized carbons (Fsp3) is 0.458. The highest BCUT2D eigenvalue weighted by Crippen LogP contribution is 2.39. The highest BCUT2D eigenvalue weighted by atomic mass is 16.5. The van der Waals surface area contributed by atoms with E-state index < -0.39 is 11.5 Å². The summed E-state index contributed by atoms with van der Waals surface area (Å²) in [6, 6.07) is 1.35. The minimum absolute atomic E-state index is 0.122. The van der Waals surface area contributed by atoms with Crippen LogP contribution in [0.1, 0.15) is 85.1 Å². The number of nitrogens with zero attached hydrogens (tertiary/aromatic N) is 1. The molecule has 8 nitrogen and oxygen atoms in total. The molecule has 1 atom stereocenters. The molecule has 1 fully saturated rings. The van der Waals surface area contributed by atoms with E-state index in [0.29, 0.717) is 29.2 Å². The Hall–Kier alpha value is -3.13. The fourth-order valence-electron chi connectivity index (χ4n) is 4.31. The van der Waals surface area contributed by atoms with Crippen molar-refractivity contribution in [1.29, 1.82) is 0 Å². The Morgan fingerprint density at radius 2 is 2.09 bits per heavy atom. The average molecular weight is 437 g/mol. The van der Waals surface area contributed by atoms with Gasteiger partial charge in [0.15, 0.2) is 11.7 Å². The first kappa shape index (κ1) is 20.8. The van der Waals surface area contributed by atoms with E-state index >= 15 is 0 Å². The summed E-state index contributed by atoms with van der Waals surface area (Å²) in [6.07, 6.45) is 12.0. The van der Waals surface area contributed by atoms with Gasteiger partial charge in [-0.25, -0.2) is 9.78 Å². The lowest BCUT2D eigenvalue weighted by Crippen LogP contribution is -2.57. The van der Waals surface area contributed by atoms with Gasteiger partial charge in [-0.1, -0.05) is 31.6 Å². The number of oxazole rings is 1. The third-order valence-corrected chi connectivity index (χ3v) is 6.33. The summed E-state index contributed by atoms with van der Waals surface area (Å²) >= 11 is 0. The van der Waals surface area contributed by atoms with Gasteiger partial charge in [-0.2, -0.15) is 0 Å². The van der Waals surface area contributed by atoms with Gasteiger partial charge >= 0.3 is 5.63 Å². The topological polar surface area (TPSA) is 107 Å². The van der Waals surface area contributed by atoms with Crippen LogP contribution in [0.4, 0.5) is 5.88 Å². The van der Waals surface area contributed by atoms with Crippen LogP contribution < -0.4 is 16.3 Å². The number of anilines is 1. The number of rotatable bonds is 6. The molecule has 3 aliphatic rings. The van der Waals surface area contributed by atoms with Gasteiger partial charge < -0.3 is 24.2 Å². The van der Waals surface area contributed by atoms with E-state index in [2.05, 4.69) is 22.8 Å². The Kier molecular flexibility index (Phi) is 5.25. The maximum Gasteiger partial charge on any atom is 0.337 e. The van der Waals surface area contributed by atoms with Crippen molar-refractivity contribution < 1.29 is 18.4 Å². The Labute approximate surface area is 185 Å². The molecule has 2 aromatic heterocycles. The molecule has 0 radical (unpaired) electrons. The fourth-order valence-corrected chi connectivity index (χ4v) is 4.31. The molecule has 0 aromatic carbocycles. The Morgan fingerprint density at radius 3 is 2.78 bits per heavy atom. The molecule has 2 aliphatic carbocycles. The predicted octanol–water partition coefficient (Wildman–Crippen LogP) is 4.24. The first-order valence-corrected chi connectivity index (χ1v) is 11.2. The zero-order valence-corrected chi connectivity index (χ0v) is 18.3. The van der Waals surface area contributed by atoms with E-state index in [1.54, 1.807) is 6.92 Å². The number of hydrogen-bond acceptors (Lipinski definition) is 7. The molecule has 1 saturated carbocycles. The number of amides is 1. The normalized spacial score (nSPS) is 22.6. The summed E-state index contributed by atoms with van der Waals surface area (Å²) in [5.41, 5.74) is 2.26. The second-order valence-corrected chi connectivity index (χ2v) is 8.66. The number of aryl methyl sites for hydroxylation is 1. The van der Waals surface area contributed by atoms with Crippen molar-refractivity contribution in [2.24, 2.45) is 0 Å². The average Bonchev–Trinajstić information content (AvgIpc) is 3.14. The maximum atomic E-state index is 12.8. The summed E-state index contributed by atoms with van der Waals surface area (Å²) in [5.74, 6) is 0.380. The van der Waals surface area contributed by atoms with Crippen LogP contribution in [-0.2, 0) is 17.8 Å². The lowest BCUT2D eigenvalue weighted by atomic mass is 9.85. The number of carbonyl (C=O) groups is 1. The molecule has 0 bridgehead atoms. The number of fused-ring (bicyclic) bond motifs is 1. The first-order chi connectivity index (χ1) is 15.5. The molecule has 3 heterocycles. The second kappa shape index (κ2) is 8.09. The number of hydrogen-bond donors (Lipinski definition) is 2.